The molecule has 35 heavy (non-hydrogen) atoms. The van der Waals surface area contributed by atoms with Crippen LogP contribution in [0.5, 0.6) is 0 Å². The average molecular weight is 469 g/mol. The number of benzene rings is 2. The SMILES string of the molecule is CC(C)CCC1Cc2nc(-c3c[nH]c4ccc(-c5ccc(CN)cc5)cc34)cc(=O)n2CC1(C)C. The Morgan fingerprint density at radius 3 is 2.57 bits per heavy atom. The van der Waals surface area contributed by atoms with E-state index in [1.165, 1.54) is 12.8 Å². The summed E-state index contributed by atoms with van der Waals surface area (Å²) in [5.74, 6) is 2.13. The highest BCUT2D eigenvalue weighted by Crippen LogP contribution is 2.39. The molecule has 2 aromatic carbocycles. The van der Waals surface area contributed by atoms with E-state index < -0.39 is 0 Å². The van der Waals surface area contributed by atoms with Crippen LogP contribution in [0.4, 0.5) is 0 Å². The van der Waals surface area contributed by atoms with Crippen LogP contribution in [0.3, 0.4) is 0 Å². The van der Waals surface area contributed by atoms with E-state index in [-0.39, 0.29) is 11.0 Å². The molecule has 0 amide bonds. The van der Waals surface area contributed by atoms with E-state index in [1.54, 1.807) is 6.07 Å². The summed E-state index contributed by atoms with van der Waals surface area (Å²) in [4.78, 5) is 21.7. The second kappa shape index (κ2) is 9.12. The van der Waals surface area contributed by atoms with Crippen molar-refractivity contribution in [3.63, 3.8) is 0 Å². The van der Waals surface area contributed by atoms with Crippen molar-refractivity contribution < 1.29 is 0 Å². The Kier molecular flexibility index (Phi) is 6.14. The van der Waals surface area contributed by atoms with Gasteiger partial charge in [-0.2, -0.15) is 0 Å². The maximum absolute atomic E-state index is 13.2. The lowest BCUT2D eigenvalue weighted by Crippen LogP contribution is -2.42. The van der Waals surface area contributed by atoms with E-state index in [0.717, 1.165) is 57.6 Å². The number of aromatic amines is 1. The molecule has 5 nitrogen and oxygen atoms in total. The fraction of sp³-hybridized carbons (Fsp3) is 0.400. The Bertz CT molecular complexity index is 1410. The van der Waals surface area contributed by atoms with Crippen LogP contribution in [0.25, 0.3) is 33.3 Å². The largest absolute Gasteiger partial charge is 0.360 e. The van der Waals surface area contributed by atoms with Gasteiger partial charge in [0.15, 0.2) is 0 Å². The van der Waals surface area contributed by atoms with Crippen molar-refractivity contribution in [3.05, 3.63) is 76.5 Å². The fourth-order valence-corrected chi connectivity index (χ4v) is 5.42. The molecular weight excluding hydrogens is 432 g/mol. The molecule has 0 radical (unpaired) electrons. The monoisotopic (exact) mass is 468 g/mol. The van der Waals surface area contributed by atoms with Gasteiger partial charge < -0.3 is 10.7 Å². The van der Waals surface area contributed by atoms with Crippen molar-refractivity contribution >= 4 is 10.9 Å². The van der Waals surface area contributed by atoms with Gasteiger partial charge in [0.05, 0.1) is 5.69 Å². The van der Waals surface area contributed by atoms with Crippen molar-refractivity contribution in [2.75, 3.05) is 0 Å². The van der Waals surface area contributed by atoms with Crippen molar-refractivity contribution in [2.24, 2.45) is 23.0 Å². The lowest BCUT2D eigenvalue weighted by Gasteiger charge is -2.40. The minimum atomic E-state index is 0.0447. The summed E-state index contributed by atoms with van der Waals surface area (Å²) in [5, 5.41) is 1.08. The van der Waals surface area contributed by atoms with Gasteiger partial charge in [-0.25, -0.2) is 4.98 Å². The molecule has 0 bridgehead atoms. The van der Waals surface area contributed by atoms with Crippen LogP contribution >= 0.6 is 0 Å². The van der Waals surface area contributed by atoms with Crippen molar-refractivity contribution in [1.29, 1.82) is 0 Å². The molecule has 0 aliphatic carbocycles. The zero-order valence-corrected chi connectivity index (χ0v) is 21.3. The molecule has 4 aromatic rings. The summed E-state index contributed by atoms with van der Waals surface area (Å²) < 4.78 is 1.90. The molecule has 0 spiro atoms. The van der Waals surface area contributed by atoms with Gasteiger partial charge in [-0.15, -0.1) is 0 Å². The van der Waals surface area contributed by atoms with Gasteiger partial charge in [-0.1, -0.05) is 64.4 Å². The van der Waals surface area contributed by atoms with E-state index in [0.29, 0.717) is 18.4 Å². The average Bonchev–Trinajstić information content (AvgIpc) is 3.26. The van der Waals surface area contributed by atoms with Crippen molar-refractivity contribution in [1.82, 2.24) is 14.5 Å². The van der Waals surface area contributed by atoms with Gasteiger partial charge >= 0.3 is 0 Å². The number of aromatic nitrogens is 3. The zero-order valence-electron chi connectivity index (χ0n) is 21.3. The predicted molar refractivity (Wildman–Crippen MR) is 144 cm³/mol. The molecule has 1 unspecified atom stereocenters. The molecule has 5 rings (SSSR count). The Morgan fingerprint density at radius 1 is 1.11 bits per heavy atom. The molecule has 182 valence electrons. The van der Waals surface area contributed by atoms with Crippen molar-refractivity contribution in [2.45, 2.75) is 60.0 Å². The highest BCUT2D eigenvalue weighted by molar-refractivity contribution is 5.97. The number of hydrogen-bond donors (Lipinski definition) is 2. The maximum atomic E-state index is 13.2. The second-order valence-electron chi connectivity index (χ2n) is 11.2. The first kappa shape index (κ1) is 23.6. The van der Waals surface area contributed by atoms with Crippen molar-refractivity contribution in [3.8, 4) is 22.4 Å². The number of hydrogen-bond acceptors (Lipinski definition) is 3. The first-order valence-corrected chi connectivity index (χ1v) is 12.8. The number of nitrogens with two attached hydrogens (primary N) is 1. The van der Waals surface area contributed by atoms with Gasteiger partial charge in [0, 0.05) is 48.2 Å². The number of fused-ring (bicyclic) bond motifs is 2. The smallest absolute Gasteiger partial charge is 0.254 e. The highest BCUT2D eigenvalue weighted by Gasteiger charge is 2.36. The van der Waals surface area contributed by atoms with Gasteiger partial charge in [0.1, 0.15) is 5.82 Å². The predicted octanol–water partition coefficient (Wildman–Crippen LogP) is 6.15. The van der Waals surface area contributed by atoms with Crippen LogP contribution in [-0.4, -0.2) is 14.5 Å². The molecule has 2 aromatic heterocycles. The molecule has 5 heteroatoms. The third-order valence-electron chi connectivity index (χ3n) is 7.76. The molecule has 0 saturated heterocycles. The molecule has 1 atom stereocenters. The van der Waals surface area contributed by atoms with E-state index in [2.05, 4.69) is 75.1 Å². The highest BCUT2D eigenvalue weighted by atomic mass is 16.1. The van der Waals surface area contributed by atoms with Gasteiger partial charge in [-0.05, 0) is 52.5 Å². The quantitative estimate of drug-likeness (QED) is 0.356. The van der Waals surface area contributed by atoms with Crippen LogP contribution < -0.4 is 11.3 Å². The van der Waals surface area contributed by atoms with E-state index >= 15 is 0 Å². The molecule has 1 aliphatic heterocycles. The third-order valence-corrected chi connectivity index (χ3v) is 7.76. The molecule has 3 heterocycles. The number of nitrogens with zero attached hydrogens (tertiary/aromatic N) is 2. The molecule has 1 aliphatic rings. The van der Waals surface area contributed by atoms with Crippen LogP contribution in [0, 0.1) is 17.3 Å². The van der Waals surface area contributed by atoms with Gasteiger partial charge in [-0.3, -0.25) is 9.36 Å². The fourth-order valence-electron chi connectivity index (χ4n) is 5.42. The number of H-pyrrole nitrogens is 1. The first-order valence-electron chi connectivity index (χ1n) is 12.8. The molecule has 0 saturated carbocycles. The minimum Gasteiger partial charge on any atom is -0.360 e. The Balaban J connectivity index is 1.53. The number of nitrogens with one attached hydrogen (secondary N) is 1. The van der Waals surface area contributed by atoms with Crippen LogP contribution in [0.2, 0.25) is 0 Å². The second-order valence-corrected chi connectivity index (χ2v) is 11.2. The summed E-state index contributed by atoms with van der Waals surface area (Å²) in [7, 11) is 0. The summed E-state index contributed by atoms with van der Waals surface area (Å²) in [6.45, 7) is 10.4. The molecule has 0 fully saturated rings. The van der Waals surface area contributed by atoms with Crippen LogP contribution in [-0.2, 0) is 19.5 Å². The van der Waals surface area contributed by atoms with Gasteiger partial charge in [0.2, 0.25) is 0 Å². The Hall–Kier alpha value is -3.18. The van der Waals surface area contributed by atoms with Gasteiger partial charge in [0.25, 0.3) is 5.56 Å². The number of rotatable bonds is 6. The van der Waals surface area contributed by atoms with E-state index in [1.807, 2.05) is 10.8 Å². The lowest BCUT2D eigenvalue weighted by atomic mass is 9.71. The molecular formula is C30H36N4O. The topological polar surface area (TPSA) is 76.7 Å². The van der Waals surface area contributed by atoms with E-state index in [4.69, 9.17) is 10.7 Å². The summed E-state index contributed by atoms with van der Waals surface area (Å²) in [5.41, 5.74) is 12.1. The van der Waals surface area contributed by atoms with E-state index in [9.17, 15) is 4.79 Å². The lowest BCUT2D eigenvalue weighted by molar-refractivity contribution is 0.126. The summed E-state index contributed by atoms with van der Waals surface area (Å²) in [6.07, 6.45) is 5.21. The Labute approximate surface area is 207 Å². The normalized spacial score (nSPS) is 17.1. The first-order chi connectivity index (χ1) is 16.7. The molecule has 3 N–H and O–H groups in total. The minimum absolute atomic E-state index is 0.0447. The standard InChI is InChI=1S/C30H36N4O/c1-19(2)5-11-23-14-28-33-27(15-29(35)34(28)18-30(23,3)4)25-17-32-26-12-10-22(13-24(25)26)21-8-6-20(16-31)7-9-21/h6-10,12-13,15,17,19,23,32H,5,11,14,16,18,31H2,1-4H3. The van der Waals surface area contributed by atoms with Crippen LogP contribution in [0.15, 0.2) is 59.5 Å². The Morgan fingerprint density at radius 2 is 1.86 bits per heavy atom. The zero-order chi connectivity index (χ0) is 24.7. The van der Waals surface area contributed by atoms with Crippen LogP contribution in [0.1, 0.15) is 51.9 Å². The third kappa shape index (κ3) is 4.57. The summed E-state index contributed by atoms with van der Waals surface area (Å²) >= 11 is 0. The summed E-state index contributed by atoms with van der Waals surface area (Å²) in [6, 6.07) is 16.5. The maximum Gasteiger partial charge on any atom is 0.254 e.